The molecule has 0 aliphatic heterocycles. The van der Waals surface area contributed by atoms with E-state index in [0.717, 1.165) is 38.1 Å². The number of rotatable bonds is 7. The molecule has 24 heavy (non-hydrogen) atoms. The van der Waals surface area contributed by atoms with Crippen LogP contribution in [0.5, 0.6) is 0 Å². The molecule has 0 atom stereocenters. The topological polar surface area (TPSA) is 35.8 Å². The van der Waals surface area contributed by atoms with Crippen molar-refractivity contribution < 1.29 is 0 Å². The molecular weight excluding hydrogens is 298 g/mol. The van der Waals surface area contributed by atoms with Crippen LogP contribution in [0.25, 0.3) is 0 Å². The predicted octanol–water partition coefficient (Wildman–Crippen LogP) is 2.69. The highest BCUT2D eigenvalue weighted by Gasteiger charge is 2.17. The highest BCUT2D eigenvalue weighted by Crippen LogP contribution is 2.21. The normalized spacial score (nSPS) is 16.6. The number of aliphatic imine (C=N–C) groups is 1. The molecule has 2 rings (SSSR count). The number of aromatic nitrogens is 1. The Morgan fingerprint density at radius 1 is 1.29 bits per heavy atom. The molecule has 0 bridgehead atoms. The minimum Gasteiger partial charge on any atom is -0.356 e. The molecule has 1 N–H and O–H groups in total. The second-order valence-electron chi connectivity index (χ2n) is 7.07. The molecule has 1 saturated carbocycles. The first-order chi connectivity index (χ1) is 11.6. The highest BCUT2D eigenvalue weighted by molar-refractivity contribution is 5.79. The van der Waals surface area contributed by atoms with Crippen LogP contribution in [0.2, 0.25) is 0 Å². The molecule has 1 aromatic rings. The number of guanidine groups is 1. The van der Waals surface area contributed by atoms with Crippen molar-refractivity contribution in [3.05, 3.63) is 24.0 Å². The zero-order chi connectivity index (χ0) is 17.4. The van der Waals surface area contributed by atoms with Crippen LogP contribution in [0.4, 0.5) is 0 Å². The first kappa shape index (κ1) is 18.8. The van der Waals surface area contributed by atoms with Crippen molar-refractivity contribution in [2.45, 2.75) is 51.1 Å². The summed E-state index contributed by atoms with van der Waals surface area (Å²) in [6, 6.07) is 5.04. The van der Waals surface area contributed by atoms with Gasteiger partial charge in [0.2, 0.25) is 0 Å². The summed E-state index contributed by atoms with van der Waals surface area (Å²) in [5.74, 6) is 0.969. The van der Waals surface area contributed by atoms with Crippen LogP contribution in [0.15, 0.2) is 23.3 Å². The standard InChI is InChI=1S/C19H35N5/c1-20-19(24(4)16-18-12-8-14-23(18)3)21-13-9-15-22(2)17-10-6-5-7-11-17/h8,12,14,17H,5-7,9-11,13,15-16H2,1-4H3,(H,20,21). The van der Waals surface area contributed by atoms with Crippen LogP contribution >= 0.6 is 0 Å². The molecule has 0 amide bonds. The Hall–Kier alpha value is -1.49. The SMILES string of the molecule is CN=C(NCCCN(C)C1CCCCC1)N(C)Cc1cccn1C. The van der Waals surface area contributed by atoms with E-state index >= 15 is 0 Å². The monoisotopic (exact) mass is 333 g/mol. The average Bonchev–Trinajstić information content (AvgIpc) is 3.00. The number of nitrogens with one attached hydrogen (secondary N) is 1. The van der Waals surface area contributed by atoms with Gasteiger partial charge < -0.3 is 19.7 Å². The van der Waals surface area contributed by atoms with Crippen LogP contribution in [0, 0.1) is 0 Å². The van der Waals surface area contributed by atoms with E-state index in [1.54, 1.807) is 0 Å². The molecule has 1 heterocycles. The fraction of sp³-hybridized carbons (Fsp3) is 0.737. The molecule has 5 heteroatoms. The highest BCUT2D eigenvalue weighted by atomic mass is 15.3. The molecule has 1 aliphatic carbocycles. The van der Waals surface area contributed by atoms with Gasteiger partial charge in [-0.25, -0.2) is 0 Å². The first-order valence-electron chi connectivity index (χ1n) is 9.34. The van der Waals surface area contributed by atoms with Gasteiger partial charge in [-0.2, -0.15) is 0 Å². The Bertz CT molecular complexity index is 502. The fourth-order valence-electron chi connectivity index (χ4n) is 3.60. The van der Waals surface area contributed by atoms with Crippen LogP contribution < -0.4 is 5.32 Å². The number of hydrogen-bond donors (Lipinski definition) is 1. The average molecular weight is 334 g/mol. The summed E-state index contributed by atoms with van der Waals surface area (Å²) < 4.78 is 2.16. The van der Waals surface area contributed by atoms with Gasteiger partial charge in [-0.05, 0) is 45.0 Å². The lowest BCUT2D eigenvalue weighted by atomic mass is 9.94. The zero-order valence-electron chi connectivity index (χ0n) is 16.0. The van der Waals surface area contributed by atoms with Crippen LogP contribution in [0.3, 0.4) is 0 Å². The predicted molar refractivity (Wildman–Crippen MR) is 102 cm³/mol. The molecule has 1 aromatic heterocycles. The number of aryl methyl sites for hydroxylation is 1. The van der Waals surface area contributed by atoms with Crippen LogP contribution in [0.1, 0.15) is 44.2 Å². The maximum atomic E-state index is 4.41. The largest absolute Gasteiger partial charge is 0.356 e. The Kier molecular flexibility index (Phi) is 7.63. The van der Waals surface area contributed by atoms with E-state index < -0.39 is 0 Å². The zero-order valence-corrected chi connectivity index (χ0v) is 16.0. The maximum absolute atomic E-state index is 4.41. The minimum atomic E-state index is 0.804. The van der Waals surface area contributed by atoms with Crippen molar-refractivity contribution in [2.75, 3.05) is 34.2 Å². The summed E-state index contributed by atoms with van der Waals surface area (Å²) >= 11 is 0. The second-order valence-corrected chi connectivity index (χ2v) is 7.07. The van der Waals surface area contributed by atoms with Crippen molar-refractivity contribution >= 4 is 5.96 Å². The van der Waals surface area contributed by atoms with Crippen molar-refractivity contribution in [1.82, 2.24) is 19.7 Å². The summed E-state index contributed by atoms with van der Waals surface area (Å²) in [5, 5.41) is 3.50. The molecule has 1 aliphatic rings. The third-order valence-corrected chi connectivity index (χ3v) is 5.19. The van der Waals surface area contributed by atoms with E-state index in [4.69, 9.17) is 0 Å². The van der Waals surface area contributed by atoms with Crippen LogP contribution in [-0.4, -0.2) is 60.6 Å². The lowest BCUT2D eigenvalue weighted by molar-refractivity contribution is 0.190. The Balaban J connectivity index is 1.68. The Morgan fingerprint density at radius 2 is 2.04 bits per heavy atom. The van der Waals surface area contributed by atoms with Gasteiger partial charge in [0.05, 0.1) is 6.54 Å². The van der Waals surface area contributed by atoms with E-state index in [-0.39, 0.29) is 0 Å². The van der Waals surface area contributed by atoms with Crippen molar-refractivity contribution in [1.29, 1.82) is 0 Å². The van der Waals surface area contributed by atoms with E-state index in [1.807, 2.05) is 7.05 Å². The lowest BCUT2D eigenvalue weighted by Gasteiger charge is -2.31. The maximum Gasteiger partial charge on any atom is 0.193 e. The molecule has 5 nitrogen and oxygen atoms in total. The van der Waals surface area contributed by atoms with E-state index in [2.05, 4.69) is 64.1 Å². The van der Waals surface area contributed by atoms with Crippen molar-refractivity contribution in [3.8, 4) is 0 Å². The lowest BCUT2D eigenvalue weighted by Crippen LogP contribution is -2.40. The second kappa shape index (κ2) is 9.72. The van der Waals surface area contributed by atoms with Gasteiger partial charge in [0.15, 0.2) is 5.96 Å². The minimum absolute atomic E-state index is 0.804. The molecule has 136 valence electrons. The quantitative estimate of drug-likeness (QED) is 0.473. The number of hydrogen-bond acceptors (Lipinski definition) is 2. The summed E-state index contributed by atoms with van der Waals surface area (Å²) in [5.41, 5.74) is 1.29. The third kappa shape index (κ3) is 5.55. The molecule has 0 radical (unpaired) electrons. The summed E-state index contributed by atoms with van der Waals surface area (Å²) in [4.78, 5) is 9.15. The first-order valence-corrected chi connectivity index (χ1v) is 9.34. The smallest absolute Gasteiger partial charge is 0.193 e. The molecule has 0 spiro atoms. The Morgan fingerprint density at radius 3 is 2.67 bits per heavy atom. The molecular formula is C19H35N5. The summed E-state index contributed by atoms with van der Waals surface area (Å²) in [6.07, 6.45) is 10.2. The van der Waals surface area contributed by atoms with Crippen molar-refractivity contribution in [2.24, 2.45) is 12.0 Å². The third-order valence-electron chi connectivity index (χ3n) is 5.19. The van der Waals surface area contributed by atoms with E-state index in [0.29, 0.717) is 0 Å². The van der Waals surface area contributed by atoms with Crippen LogP contribution in [-0.2, 0) is 13.6 Å². The van der Waals surface area contributed by atoms with Gasteiger partial charge in [-0.15, -0.1) is 0 Å². The van der Waals surface area contributed by atoms with Crippen molar-refractivity contribution in [3.63, 3.8) is 0 Å². The van der Waals surface area contributed by atoms with E-state index in [1.165, 1.54) is 37.8 Å². The summed E-state index contributed by atoms with van der Waals surface area (Å²) in [6.45, 7) is 3.00. The summed E-state index contributed by atoms with van der Waals surface area (Å²) in [7, 11) is 8.32. The Labute approximate surface area is 147 Å². The molecule has 0 unspecified atom stereocenters. The van der Waals surface area contributed by atoms with E-state index in [9.17, 15) is 0 Å². The van der Waals surface area contributed by atoms with Gasteiger partial charge in [0.1, 0.15) is 0 Å². The molecule has 0 saturated heterocycles. The van der Waals surface area contributed by atoms with Gasteiger partial charge in [0.25, 0.3) is 0 Å². The molecule has 0 aromatic carbocycles. The van der Waals surface area contributed by atoms with Gasteiger partial charge in [-0.1, -0.05) is 19.3 Å². The number of nitrogens with zero attached hydrogens (tertiary/aromatic N) is 4. The fourth-order valence-corrected chi connectivity index (χ4v) is 3.60. The van der Waals surface area contributed by atoms with Gasteiger partial charge >= 0.3 is 0 Å². The van der Waals surface area contributed by atoms with Gasteiger partial charge in [0, 0.05) is 45.6 Å². The molecule has 1 fully saturated rings. The van der Waals surface area contributed by atoms with Gasteiger partial charge in [-0.3, -0.25) is 4.99 Å².